The van der Waals surface area contributed by atoms with E-state index in [2.05, 4.69) is 15.4 Å². The van der Waals surface area contributed by atoms with Gasteiger partial charge in [-0.1, -0.05) is 0 Å². The Morgan fingerprint density at radius 1 is 1.53 bits per heavy atom. The average molecular weight is 259 g/mol. The van der Waals surface area contributed by atoms with Gasteiger partial charge in [0.25, 0.3) is 0 Å². The van der Waals surface area contributed by atoms with Crippen molar-refractivity contribution in [1.29, 1.82) is 0 Å². The zero-order valence-electron chi connectivity index (χ0n) is 10.3. The van der Waals surface area contributed by atoms with Gasteiger partial charge in [-0.2, -0.15) is 5.10 Å². The monoisotopic (exact) mass is 259 g/mol. The fourth-order valence-corrected chi connectivity index (χ4v) is 1.91. The minimum Gasteiger partial charge on any atom is -0.408 e. The van der Waals surface area contributed by atoms with Crippen LogP contribution in [0.15, 0.2) is 33.6 Å². The number of hydrogen-bond acceptors (Lipinski definition) is 5. The van der Waals surface area contributed by atoms with Crippen molar-refractivity contribution < 1.29 is 4.42 Å². The number of anilines is 2. The normalized spacial score (nSPS) is 11.0. The van der Waals surface area contributed by atoms with Crippen LogP contribution in [0.3, 0.4) is 0 Å². The number of rotatable bonds is 3. The molecular weight excluding hydrogens is 246 g/mol. The number of benzene rings is 1. The first-order valence-electron chi connectivity index (χ1n) is 5.76. The second kappa shape index (κ2) is 4.20. The summed E-state index contributed by atoms with van der Waals surface area (Å²) in [6.45, 7) is 0.554. The van der Waals surface area contributed by atoms with Crippen molar-refractivity contribution in [3.05, 3.63) is 40.6 Å². The molecule has 2 heterocycles. The van der Waals surface area contributed by atoms with Crippen molar-refractivity contribution in [2.45, 2.75) is 6.54 Å². The third kappa shape index (κ3) is 2.17. The van der Waals surface area contributed by atoms with Gasteiger partial charge in [0.15, 0.2) is 5.58 Å². The lowest BCUT2D eigenvalue weighted by Gasteiger charge is -2.07. The number of aromatic amines is 1. The number of nitrogens with one attached hydrogen (secondary N) is 2. The zero-order valence-corrected chi connectivity index (χ0v) is 10.3. The Bertz CT molecular complexity index is 783. The van der Waals surface area contributed by atoms with Crippen LogP contribution in [0, 0.1) is 0 Å². The van der Waals surface area contributed by atoms with Crippen LogP contribution in [0.2, 0.25) is 0 Å². The predicted molar refractivity (Wildman–Crippen MR) is 71.8 cm³/mol. The number of hydrogen-bond donors (Lipinski definition) is 3. The van der Waals surface area contributed by atoms with Crippen molar-refractivity contribution >= 4 is 22.5 Å². The number of aryl methyl sites for hydroxylation is 1. The maximum absolute atomic E-state index is 11.1. The Kier molecular flexibility index (Phi) is 2.52. The molecule has 19 heavy (non-hydrogen) atoms. The van der Waals surface area contributed by atoms with Gasteiger partial charge in [-0.05, 0) is 12.1 Å². The van der Waals surface area contributed by atoms with E-state index < -0.39 is 5.76 Å². The Labute approximate surface area is 108 Å². The number of fused-ring (bicyclic) bond motifs is 1. The van der Waals surface area contributed by atoms with Gasteiger partial charge in [-0.25, -0.2) is 4.79 Å². The Balaban J connectivity index is 1.87. The van der Waals surface area contributed by atoms with Gasteiger partial charge in [-0.3, -0.25) is 9.67 Å². The lowest BCUT2D eigenvalue weighted by molar-refractivity contribution is 0.555. The topological polar surface area (TPSA) is 102 Å². The molecule has 0 aliphatic rings. The summed E-state index contributed by atoms with van der Waals surface area (Å²) in [5.41, 5.74) is 9.12. The number of nitrogens with zero attached hydrogens (tertiary/aromatic N) is 2. The van der Waals surface area contributed by atoms with Gasteiger partial charge < -0.3 is 15.5 Å². The fourth-order valence-electron chi connectivity index (χ4n) is 1.91. The molecule has 2 aromatic heterocycles. The van der Waals surface area contributed by atoms with Crippen molar-refractivity contribution in [2.24, 2.45) is 7.05 Å². The molecule has 3 aromatic rings. The SMILES string of the molecule is Cn1ccc(CNc2cc3[nH]c(=O)oc3cc2N)n1. The number of nitrogen functional groups attached to an aromatic ring is 1. The van der Waals surface area contributed by atoms with E-state index in [9.17, 15) is 4.79 Å². The molecule has 4 N–H and O–H groups in total. The molecule has 0 aliphatic carbocycles. The standard InChI is InChI=1S/C12H13N5O2/c1-17-3-2-7(16-17)6-14-9-5-10-11(4-8(9)13)19-12(18)15-10/h2-5,14H,6,13H2,1H3,(H,15,18). The van der Waals surface area contributed by atoms with Gasteiger partial charge in [0.1, 0.15) is 0 Å². The predicted octanol–water partition coefficient (Wildman–Crippen LogP) is 1.05. The van der Waals surface area contributed by atoms with E-state index >= 15 is 0 Å². The Morgan fingerprint density at radius 3 is 3.11 bits per heavy atom. The largest absolute Gasteiger partial charge is 0.417 e. The lowest BCUT2D eigenvalue weighted by Crippen LogP contribution is -2.03. The van der Waals surface area contributed by atoms with Gasteiger partial charge >= 0.3 is 5.76 Å². The molecule has 0 spiro atoms. The summed E-state index contributed by atoms with van der Waals surface area (Å²) in [5.74, 6) is -0.490. The van der Waals surface area contributed by atoms with Crippen LogP contribution in [-0.2, 0) is 13.6 Å². The number of H-pyrrole nitrogens is 1. The molecule has 7 nitrogen and oxygen atoms in total. The van der Waals surface area contributed by atoms with Crippen molar-refractivity contribution in [2.75, 3.05) is 11.1 Å². The molecule has 0 saturated carbocycles. The first-order chi connectivity index (χ1) is 9.11. The molecule has 0 radical (unpaired) electrons. The van der Waals surface area contributed by atoms with Crippen LogP contribution in [0.4, 0.5) is 11.4 Å². The lowest BCUT2D eigenvalue weighted by atomic mass is 10.2. The third-order valence-corrected chi connectivity index (χ3v) is 2.82. The Morgan fingerprint density at radius 2 is 2.37 bits per heavy atom. The van der Waals surface area contributed by atoms with E-state index in [1.54, 1.807) is 16.8 Å². The smallest absolute Gasteiger partial charge is 0.408 e. The minimum atomic E-state index is -0.490. The Hall–Kier alpha value is -2.70. The third-order valence-electron chi connectivity index (χ3n) is 2.82. The fraction of sp³-hybridized carbons (Fsp3) is 0.167. The second-order valence-electron chi connectivity index (χ2n) is 4.28. The van der Waals surface area contributed by atoms with Crippen LogP contribution in [-0.4, -0.2) is 14.8 Å². The van der Waals surface area contributed by atoms with E-state index in [0.717, 1.165) is 11.4 Å². The van der Waals surface area contributed by atoms with Crippen LogP contribution in [0.25, 0.3) is 11.1 Å². The average Bonchev–Trinajstić information content (AvgIpc) is 2.91. The highest BCUT2D eigenvalue weighted by atomic mass is 16.4. The van der Waals surface area contributed by atoms with E-state index in [-0.39, 0.29) is 0 Å². The number of aromatic nitrogens is 3. The first-order valence-corrected chi connectivity index (χ1v) is 5.76. The molecule has 0 aliphatic heterocycles. The second-order valence-corrected chi connectivity index (χ2v) is 4.28. The van der Waals surface area contributed by atoms with E-state index in [0.29, 0.717) is 23.3 Å². The van der Waals surface area contributed by atoms with Crippen molar-refractivity contribution in [3.8, 4) is 0 Å². The molecule has 0 fully saturated rings. The van der Waals surface area contributed by atoms with Crippen LogP contribution < -0.4 is 16.8 Å². The van der Waals surface area contributed by atoms with Gasteiger partial charge in [-0.15, -0.1) is 0 Å². The molecule has 0 atom stereocenters. The highest BCUT2D eigenvalue weighted by Gasteiger charge is 2.07. The summed E-state index contributed by atoms with van der Waals surface area (Å²) < 4.78 is 6.67. The summed E-state index contributed by atoms with van der Waals surface area (Å²) in [6.07, 6.45) is 1.87. The van der Waals surface area contributed by atoms with Gasteiger partial charge in [0.2, 0.25) is 0 Å². The van der Waals surface area contributed by atoms with Gasteiger partial charge in [0, 0.05) is 19.3 Å². The van der Waals surface area contributed by atoms with E-state index in [1.165, 1.54) is 0 Å². The summed E-state index contributed by atoms with van der Waals surface area (Å²) in [5, 5.41) is 7.44. The number of nitrogens with two attached hydrogens (primary N) is 1. The molecule has 0 bridgehead atoms. The molecule has 0 amide bonds. The maximum Gasteiger partial charge on any atom is 0.417 e. The van der Waals surface area contributed by atoms with Crippen molar-refractivity contribution in [1.82, 2.24) is 14.8 Å². The van der Waals surface area contributed by atoms with Crippen LogP contribution in [0.5, 0.6) is 0 Å². The molecule has 98 valence electrons. The summed E-state index contributed by atoms with van der Waals surface area (Å²) in [6, 6.07) is 5.29. The quantitative estimate of drug-likeness (QED) is 0.610. The minimum absolute atomic E-state index is 0.450. The summed E-state index contributed by atoms with van der Waals surface area (Å²) in [4.78, 5) is 13.7. The summed E-state index contributed by atoms with van der Waals surface area (Å²) >= 11 is 0. The molecule has 1 aromatic carbocycles. The highest BCUT2D eigenvalue weighted by Crippen LogP contribution is 2.24. The molecular formula is C12H13N5O2. The molecule has 0 saturated heterocycles. The van der Waals surface area contributed by atoms with E-state index in [4.69, 9.17) is 10.2 Å². The first kappa shape index (κ1) is 11.4. The highest BCUT2D eigenvalue weighted by molar-refractivity contribution is 5.85. The molecule has 0 unspecified atom stereocenters. The maximum atomic E-state index is 11.1. The molecule has 7 heteroatoms. The van der Waals surface area contributed by atoms with Gasteiger partial charge in [0.05, 0.1) is 29.1 Å². The summed E-state index contributed by atoms with van der Waals surface area (Å²) in [7, 11) is 1.86. The van der Waals surface area contributed by atoms with Crippen LogP contribution >= 0.6 is 0 Å². The van der Waals surface area contributed by atoms with Crippen LogP contribution in [0.1, 0.15) is 5.69 Å². The zero-order chi connectivity index (χ0) is 13.4. The van der Waals surface area contributed by atoms with Crippen molar-refractivity contribution in [3.63, 3.8) is 0 Å². The van der Waals surface area contributed by atoms with E-state index in [1.807, 2.05) is 19.3 Å². The number of oxazole rings is 1. The molecule has 3 rings (SSSR count).